The van der Waals surface area contributed by atoms with E-state index in [1.807, 2.05) is 0 Å². The first-order chi connectivity index (χ1) is 32.0. The van der Waals surface area contributed by atoms with Crippen molar-refractivity contribution in [2.45, 2.75) is 219 Å². The number of carbonyl (C=O) groups is 3. The minimum atomic E-state index is -0.833. The van der Waals surface area contributed by atoms with E-state index in [9.17, 15) is 14.4 Å². The number of hydrogen-bond donors (Lipinski definition) is 0. The Hall–Kier alpha value is -4.19. The van der Waals surface area contributed by atoms with Crippen molar-refractivity contribution in [1.82, 2.24) is 0 Å². The van der Waals surface area contributed by atoms with Crippen molar-refractivity contribution in [3.8, 4) is 0 Å². The molecule has 0 spiro atoms. The van der Waals surface area contributed by atoms with E-state index in [1.165, 1.54) is 51.4 Å². The maximum Gasteiger partial charge on any atom is 0.306 e. The van der Waals surface area contributed by atoms with Gasteiger partial charge in [0.15, 0.2) is 6.10 Å². The van der Waals surface area contributed by atoms with Crippen LogP contribution in [0.5, 0.6) is 0 Å². The normalized spacial score (nSPS) is 13.1. The van der Waals surface area contributed by atoms with Gasteiger partial charge in [0, 0.05) is 19.3 Å². The Labute approximate surface area is 399 Å². The van der Waals surface area contributed by atoms with Crippen molar-refractivity contribution in [3.63, 3.8) is 0 Å². The fourth-order valence-electron chi connectivity index (χ4n) is 6.60. The summed E-state index contributed by atoms with van der Waals surface area (Å²) in [6, 6.07) is 0. The van der Waals surface area contributed by atoms with Crippen LogP contribution < -0.4 is 0 Å². The number of hydrogen-bond acceptors (Lipinski definition) is 6. The molecule has 0 radical (unpaired) electrons. The van der Waals surface area contributed by atoms with Crippen molar-refractivity contribution in [3.05, 3.63) is 122 Å². The lowest BCUT2D eigenvalue weighted by Gasteiger charge is -2.18. The molecular formula is C59H94O6. The molecule has 0 aliphatic carbocycles. The highest BCUT2D eigenvalue weighted by molar-refractivity contribution is 5.71. The molecule has 0 fully saturated rings. The third-order valence-electron chi connectivity index (χ3n) is 10.5. The van der Waals surface area contributed by atoms with Crippen LogP contribution in [0.25, 0.3) is 0 Å². The van der Waals surface area contributed by atoms with Crippen molar-refractivity contribution >= 4 is 17.9 Å². The number of allylic oxidation sites excluding steroid dienone is 20. The van der Waals surface area contributed by atoms with Crippen molar-refractivity contribution in [1.29, 1.82) is 0 Å². The molecule has 6 heteroatoms. The predicted molar refractivity (Wildman–Crippen MR) is 279 cm³/mol. The van der Waals surface area contributed by atoms with Gasteiger partial charge in [0.1, 0.15) is 13.2 Å². The van der Waals surface area contributed by atoms with E-state index in [-0.39, 0.29) is 44.0 Å². The van der Waals surface area contributed by atoms with Crippen LogP contribution in [-0.2, 0) is 28.6 Å². The maximum atomic E-state index is 12.8. The van der Waals surface area contributed by atoms with Crippen molar-refractivity contribution < 1.29 is 28.6 Å². The molecular weight excluding hydrogens is 805 g/mol. The van der Waals surface area contributed by atoms with Gasteiger partial charge in [-0.3, -0.25) is 14.4 Å². The molecule has 65 heavy (non-hydrogen) atoms. The van der Waals surface area contributed by atoms with Gasteiger partial charge < -0.3 is 14.2 Å². The molecule has 0 bridgehead atoms. The van der Waals surface area contributed by atoms with Gasteiger partial charge in [0.2, 0.25) is 0 Å². The minimum absolute atomic E-state index is 0.124. The number of unbranched alkanes of at least 4 members (excludes halogenated alkanes) is 15. The third-order valence-corrected chi connectivity index (χ3v) is 10.5. The minimum Gasteiger partial charge on any atom is -0.462 e. The Kier molecular flexibility index (Phi) is 49.1. The number of carbonyl (C=O) groups excluding carboxylic acids is 3. The fourth-order valence-corrected chi connectivity index (χ4v) is 6.60. The van der Waals surface area contributed by atoms with E-state index in [2.05, 4.69) is 142 Å². The highest BCUT2D eigenvalue weighted by Crippen LogP contribution is 2.12. The summed E-state index contributed by atoms with van der Waals surface area (Å²) < 4.78 is 16.7. The Morgan fingerprint density at radius 1 is 0.338 bits per heavy atom. The Bertz CT molecular complexity index is 1400. The molecule has 0 aliphatic rings. The zero-order valence-corrected chi connectivity index (χ0v) is 41.7. The molecule has 0 amide bonds. The largest absolute Gasteiger partial charge is 0.462 e. The monoisotopic (exact) mass is 899 g/mol. The average molecular weight is 899 g/mol. The predicted octanol–water partition coefficient (Wildman–Crippen LogP) is 17.3. The molecule has 6 nitrogen and oxygen atoms in total. The van der Waals surface area contributed by atoms with Crippen LogP contribution in [0.2, 0.25) is 0 Å². The van der Waals surface area contributed by atoms with Gasteiger partial charge in [-0.1, -0.05) is 200 Å². The van der Waals surface area contributed by atoms with Gasteiger partial charge in [-0.05, 0) is 116 Å². The van der Waals surface area contributed by atoms with Crippen LogP contribution >= 0.6 is 0 Å². The zero-order chi connectivity index (χ0) is 47.2. The van der Waals surface area contributed by atoms with E-state index in [0.717, 1.165) is 109 Å². The highest BCUT2D eigenvalue weighted by atomic mass is 16.6. The van der Waals surface area contributed by atoms with Gasteiger partial charge in [0.25, 0.3) is 0 Å². The summed E-state index contributed by atoms with van der Waals surface area (Å²) in [6.45, 7) is 6.29. The van der Waals surface area contributed by atoms with Crippen LogP contribution in [0.3, 0.4) is 0 Å². The molecule has 0 rings (SSSR count). The molecule has 0 saturated carbocycles. The molecule has 0 aromatic carbocycles. The molecule has 366 valence electrons. The van der Waals surface area contributed by atoms with Gasteiger partial charge in [0.05, 0.1) is 0 Å². The second kappa shape index (κ2) is 52.4. The van der Waals surface area contributed by atoms with E-state index in [0.29, 0.717) is 19.3 Å². The molecule has 1 unspecified atom stereocenters. The standard InChI is InChI=1S/C59H94O6/c1-4-7-10-13-16-19-22-25-27-29-31-32-34-37-40-43-46-49-52-58(61)64-55-56(54-63-57(60)51-48-45-42-39-36-24-21-18-15-12-9-6-3)65-59(62)53-50-47-44-41-38-35-33-30-28-26-23-20-17-14-11-8-5-2/h8-9,11-12,17-18,20-21,26-29,31-33,35-36,39,41,44,56H,4-7,10,13-16,19,22-25,30,34,37-38,40,42-43,45-55H2,1-3H3/b11-8-,12-9-,20-17-,21-18-,28-26-,29-27-,32-31-,35-33-,39-36-,44-41-. The van der Waals surface area contributed by atoms with Crippen molar-refractivity contribution in [2.75, 3.05) is 13.2 Å². The van der Waals surface area contributed by atoms with Crippen LogP contribution in [0.15, 0.2) is 122 Å². The topological polar surface area (TPSA) is 78.9 Å². The van der Waals surface area contributed by atoms with E-state index in [4.69, 9.17) is 14.2 Å². The first-order valence-electron chi connectivity index (χ1n) is 26.1. The lowest BCUT2D eigenvalue weighted by Crippen LogP contribution is -2.30. The number of rotatable bonds is 45. The summed E-state index contributed by atoms with van der Waals surface area (Å²) in [5.41, 5.74) is 0. The molecule has 0 N–H and O–H groups in total. The Balaban J connectivity index is 4.55. The van der Waals surface area contributed by atoms with Crippen molar-refractivity contribution in [2.24, 2.45) is 0 Å². The van der Waals surface area contributed by atoms with Crippen LogP contribution in [0.4, 0.5) is 0 Å². The average Bonchev–Trinajstić information content (AvgIpc) is 3.30. The third kappa shape index (κ3) is 50.7. The van der Waals surface area contributed by atoms with Gasteiger partial charge in [-0.25, -0.2) is 0 Å². The SMILES string of the molecule is CC/C=C\C/C=C\C/C=C\C/C=C\C/C=C\CCCC(=O)OC(COC(=O)CCCC/C=C\C/C=C\C/C=C\CC)COC(=O)CCCCCCC/C=C\C=C/CCCCCCCCC. The number of ether oxygens (including phenoxy) is 3. The first kappa shape index (κ1) is 60.8. The van der Waals surface area contributed by atoms with E-state index in [1.54, 1.807) is 0 Å². The summed E-state index contributed by atoms with van der Waals surface area (Å²) in [5.74, 6) is -1.05. The van der Waals surface area contributed by atoms with E-state index >= 15 is 0 Å². The Morgan fingerprint density at radius 2 is 0.662 bits per heavy atom. The van der Waals surface area contributed by atoms with E-state index < -0.39 is 6.10 Å². The first-order valence-corrected chi connectivity index (χ1v) is 26.1. The van der Waals surface area contributed by atoms with Crippen LogP contribution in [0, 0.1) is 0 Å². The van der Waals surface area contributed by atoms with Gasteiger partial charge in [-0.15, -0.1) is 0 Å². The van der Waals surface area contributed by atoms with Gasteiger partial charge >= 0.3 is 17.9 Å². The molecule has 0 saturated heterocycles. The van der Waals surface area contributed by atoms with Crippen LogP contribution in [0.1, 0.15) is 213 Å². The highest BCUT2D eigenvalue weighted by Gasteiger charge is 2.19. The summed E-state index contributed by atoms with van der Waals surface area (Å²) in [5, 5.41) is 0. The Morgan fingerprint density at radius 3 is 1.11 bits per heavy atom. The summed E-state index contributed by atoms with van der Waals surface area (Å²) in [6.07, 6.45) is 71.9. The molecule has 0 heterocycles. The summed E-state index contributed by atoms with van der Waals surface area (Å²) >= 11 is 0. The quantitative estimate of drug-likeness (QED) is 0.0199. The van der Waals surface area contributed by atoms with Crippen LogP contribution in [-0.4, -0.2) is 37.2 Å². The smallest absolute Gasteiger partial charge is 0.306 e. The zero-order valence-electron chi connectivity index (χ0n) is 41.7. The lowest BCUT2D eigenvalue weighted by molar-refractivity contribution is -0.167. The second-order valence-corrected chi connectivity index (χ2v) is 16.7. The fraction of sp³-hybridized carbons (Fsp3) is 0.610. The maximum absolute atomic E-state index is 12.8. The lowest BCUT2D eigenvalue weighted by atomic mass is 10.1. The second-order valence-electron chi connectivity index (χ2n) is 16.7. The summed E-state index contributed by atoms with van der Waals surface area (Å²) in [4.78, 5) is 38.0. The molecule has 1 atom stereocenters. The summed E-state index contributed by atoms with van der Waals surface area (Å²) in [7, 11) is 0. The molecule has 0 aromatic rings. The van der Waals surface area contributed by atoms with Gasteiger partial charge in [-0.2, -0.15) is 0 Å². The number of esters is 3. The molecule has 0 aliphatic heterocycles. The molecule has 0 aromatic heterocycles.